The van der Waals surface area contributed by atoms with Gasteiger partial charge in [0.25, 0.3) is 0 Å². The van der Waals surface area contributed by atoms with Crippen molar-refractivity contribution in [3.05, 3.63) is 0 Å². The first-order chi connectivity index (χ1) is 4.12. The van der Waals surface area contributed by atoms with Crippen molar-refractivity contribution >= 4 is 0 Å². The quantitative estimate of drug-likeness (QED) is 0.310. The van der Waals surface area contributed by atoms with E-state index in [1.165, 1.54) is 0 Å². The molecule has 0 saturated carbocycles. The molecule has 0 amide bonds. The lowest BCUT2D eigenvalue weighted by Gasteiger charge is -2.12. The second-order valence-electron chi connectivity index (χ2n) is 1.94. The molecule has 0 spiro atoms. The first-order valence-corrected chi connectivity index (χ1v) is 2.40. The molecule has 0 aliphatic rings. The van der Waals surface area contributed by atoms with Gasteiger partial charge in [0.05, 0.1) is 0 Å². The van der Waals surface area contributed by atoms with E-state index in [0.29, 0.717) is 0 Å². The predicted molar refractivity (Wildman–Crippen MR) is 33.9 cm³/mol. The zero-order valence-electron chi connectivity index (χ0n) is 5.47. The Labute approximate surface area is 55.1 Å². The van der Waals surface area contributed by atoms with Gasteiger partial charge in [-0.2, -0.15) is 4.89 Å². The Morgan fingerprint density at radius 3 is 2.22 bits per heavy atom. The summed E-state index contributed by atoms with van der Waals surface area (Å²) in [5.74, 6) is 2.33. The van der Waals surface area contributed by atoms with Crippen LogP contribution in [-0.4, -0.2) is 5.60 Å². The topological polar surface area (TPSA) is 18.5 Å². The second-order valence-corrected chi connectivity index (χ2v) is 1.94. The van der Waals surface area contributed by atoms with Crippen molar-refractivity contribution in [3.8, 4) is 24.9 Å². The summed E-state index contributed by atoms with van der Waals surface area (Å²) in [6, 6.07) is 0. The summed E-state index contributed by atoms with van der Waals surface area (Å²) in [7, 11) is 0. The molecular formula is C7H8O2. The third kappa shape index (κ3) is 3.46. The molecule has 2 heteroatoms. The van der Waals surface area contributed by atoms with Gasteiger partial charge in [0.2, 0.25) is 0 Å². The van der Waals surface area contributed by atoms with Crippen LogP contribution in [0.3, 0.4) is 0 Å². The summed E-state index contributed by atoms with van der Waals surface area (Å²) in [5.41, 5.74) is -0.744. The van der Waals surface area contributed by atoms with Gasteiger partial charge in [-0.05, 0) is 13.8 Å². The highest BCUT2D eigenvalue weighted by atomic mass is 17.2. The van der Waals surface area contributed by atoms with Crippen LogP contribution in [0.25, 0.3) is 0 Å². The van der Waals surface area contributed by atoms with E-state index < -0.39 is 5.60 Å². The highest BCUT2D eigenvalue weighted by Crippen LogP contribution is 2.05. The fourth-order valence-electron chi connectivity index (χ4n) is 0.152. The second kappa shape index (κ2) is 3.02. The van der Waals surface area contributed by atoms with Crippen molar-refractivity contribution in [2.45, 2.75) is 19.4 Å². The molecule has 0 rings (SSSR count). The standard InChI is InChI=1S/C7H8O2/c1-5-7(3,4)9-8-6-2/h1-2H,3-4H3. The van der Waals surface area contributed by atoms with Gasteiger partial charge >= 0.3 is 0 Å². The maximum Gasteiger partial charge on any atom is 0.170 e. The monoisotopic (exact) mass is 124 g/mol. The van der Waals surface area contributed by atoms with E-state index in [1.54, 1.807) is 13.8 Å². The first-order valence-electron chi connectivity index (χ1n) is 2.40. The first kappa shape index (κ1) is 7.88. The number of hydrogen-bond donors (Lipinski definition) is 0. The van der Waals surface area contributed by atoms with Crippen molar-refractivity contribution in [2.24, 2.45) is 0 Å². The SMILES string of the molecule is C#COOC(C)(C)C#C. The summed E-state index contributed by atoms with van der Waals surface area (Å²) in [5, 5.41) is 0. The molecule has 48 valence electrons. The number of terminal acetylenes is 2. The van der Waals surface area contributed by atoms with Gasteiger partial charge in [-0.3, -0.25) is 4.89 Å². The molecule has 0 aromatic rings. The highest BCUT2D eigenvalue weighted by molar-refractivity contribution is 5.02. The predicted octanol–water partition coefficient (Wildman–Crippen LogP) is 0.937. The van der Waals surface area contributed by atoms with Gasteiger partial charge in [-0.25, -0.2) is 0 Å². The molecule has 0 aromatic carbocycles. The van der Waals surface area contributed by atoms with Crippen LogP contribution in [0.15, 0.2) is 0 Å². The maximum atomic E-state index is 5.02. The van der Waals surface area contributed by atoms with Crippen LogP contribution in [0.2, 0.25) is 0 Å². The third-order valence-electron chi connectivity index (χ3n) is 0.646. The molecule has 0 N–H and O–H groups in total. The van der Waals surface area contributed by atoms with Crippen molar-refractivity contribution in [1.29, 1.82) is 0 Å². The van der Waals surface area contributed by atoms with Crippen molar-refractivity contribution in [1.82, 2.24) is 0 Å². The lowest BCUT2D eigenvalue weighted by atomic mass is 10.2. The average molecular weight is 124 g/mol. The molecular weight excluding hydrogens is 116 g/mol. The molecule has 0 radical (unpaired) electrons. The van der Waals surface area contributed by atoms with Gasteiger partial charge in [0, 0.05) is 0 Å². The summed E-state index contributed by atoms with van der Waals surface area (Å²) >= 11 is 0. The van der Waals surface area contributed by atoms with Crippen LogP contribution in [0.5, 0.6) is 0 Å². The lowest BCUT2D eigenvalue weighted by molar-refractivity contribution is -0.287. The molecule has 0 heterocycles. The van der Waals surface area contributed by atoms with E-state index in [0.717, 1.165) is 0 Å². The Morgan fingerprint density at radius 1 is 1.33 bits per heavy atom. The Hall–Kier alpha value is -1.12. The average Bonchev–Trinajstić information content (AvgIpc) is 1.84. The molecule has 9 heavy (non-hydrogen) atoms. The minimum absolute atomic E-state index is 0.744. The van der Waals surface area contributed by atoms with Gasteiger partial charge in [0.1, 0.15) is 0 Å². The van der Waals surface area contributed by atoms with Crippen molar-refractivity contribution in [3.63, 3.8) is 0 Å². The molecule has 0 fully saturated rings. The summed E-state index contributed by atoms with van der Waals surface area (Å²) in [4.78, 5) is 8.73. The van der Waals surface area contributed by atoms with E-state index in [1.807, 2.05) is 6.11 Å². The fraction of sp³-hybridized carbons (Fsp3) is 0.429. The summed E-state index contributed by atoms with van der Waals surface area (Å²) in [6.45, 7) is 3.34. The number of hydrogen-bond acceptors (Lipinski definition) is 2. The van der Waals surface area contributed by atoms with Gasteiger partial charge in [0.15, 0.2) is 11.7 Å². The van der Waals surface area contributed by atoms with E-state index in [-0.39, 0.29) is 0 Å². The van der Waals surface area contributed by atoms with Gasteiger partial charge in [-0.1, -0.05) is 12.3 Å². The van der Waals surface area contributed by atoms with Crippen molar-refractivity contribution < 1.29 is 9.78 Å². The van der Waals surface area contributed by atoms with Crippen LogP contribution >= 0.6 is 0 Å². The largest absolute Gasteiger partial charge is 0.281 e. The maximum absolute atomic E-state index is 5.02. The molecule has 0 aliphatic carbocycles. The summed E-state index contributed by atoms with van der Waals surface area (Å²) < 4.78 is 0. The zero-order valence-corrected chi connectivity index (χ0v) is 5.47. The Balaban J connectivity index is 3.65. The third-order valence-corrected chi connectivity index (χ3v) is 0.646. The fourth-order valence-corrected chi connectivity index (χ4v) is 0.152. The van der Waals surface area contributed by atoms with Crippen LogP contribution in [0, 0.1) is 24.9 Å². The van der Waals surface area contributed by atoms with Crippen LogP contribution in [-0.2, 0) is 9.78 Å². The zero-order chi connectivity index (χ0) is 7.33. The number of rotatable bonds is 2. The molecule has 2 nitrogen and oxygen atoms in total. The van der Waals surface area contributed by atoms with E-state index >= 15 is 0 Å². The highest BCUT2D eigenvalue weighted by Gasteiger charge is 2.15. The van der Waals surface area contributed by atoms with E-state index in [4.69, 9.17) is 12.8 Å². The van der Waals surface area contributed by atoms with Crippen molar-refractivity contribution in [2.75, 3.05) is 0 Å². The van der Waals surface area contributed by atoms with Crippen LogP contribution < -0.4 is 0 Å². The van der Waals surface area contributed by atoms with Gasteiger partial charge in [-0.15, -0.1) is 6.42 Å². The lowest BCUT2D eigenvalue weighted by Crippen LogP contribution is -2.20. The van der Waals surface area contributed by atoms with Gasteiger partial charge < -0.3 is 0 Å². The molecule has 0 bridgehead atoms. The van der Waals surface area contributed by atoms with E-state index in [2.05, 4.69) is 15.7 Å². The Morgan fingerprint density at radius 2 is 1.89 bits per heavy atom. The minimum atomic E-state index is -0.744. The molecule has 0 atom stereocenters. The van der Waals surface area contributed by atoms with E-state index in [9.17, 15) is 0 Å². The summed E-state index contributed by atoms with van der Waals surface area (Å²) in [6.07, 6.45) is 11.6. The Bertz CT molecular complexity index is 157. The van der Waals surface area contributed by atoms with Crippen LogP contribution in [0.4, 0.5) is 0 Å². The molecule has 0 saturated heterocycles. The Kier molecular flexibility index (Phi) is 2.64. The molecule has 0 aromatic heterocycles. The minimum Gasteiger partial charge on any atom is -0.281 e. The normalized spacial score (nSPS) is 9.33. The molecule has 0 aliphatic heterocycles. The molecule has 0 unspecified atom stereocenters. The van der Waals surface area contributed by atoms with Crippen LogP contribution in [0.1, 0.15) is 13.8 Å². The smallest absolute Gasteiger partial charge is 0.170 e.